The lowest BCUT2D eigenvalue weighted by atomic mass is 10.2. The van der Waals surface area contributed by atoms with Gasteiger partial charge in [0, 0.05) is 19.4 Å². The Morgan fingerprint density at radius 2 is 2.11 bits per heavy atom. The van der Waals surface area contributed by atoms with E-state index >= 15 is 0 Å². The van der Waals surface area contributed by atoms with Crippen molar-refractivity contribution in [1.82, 2.24) is 14.8 Å². The van der Waals surface area contributed by atoms with Crippen molar-refractivity contribution in [2.75, 3.05) is 5.32 Å². The summed E-state index contributed by atoms with van der Waals surface area (Å²) in [5.74, 6) is 0.176. The number of anilines is 1. The quantitative estimate of drug-likeness (QED) is 0.917. The lowest BCUT2D eigenvalue weighted by Gasteiger charge is -2.08. The monoisotopic (exact) mass is 256 g/mol. The third kappa shape index (κ3) is 2.99. The summed E-state index contributed by atoms with van der Waals surface area (Å²) in [5, 5.41) is 6.90. The minimum absolute atomic E-state index is 0.176. The van der Waals surface area contributed by atoms with Crippen molar-refractivity contribution in [1.29, 1.82) is 0 Å². The summed E-state index contributed by atoms with van der Waals surface area (Å²) in [6.07, 6.45) is -1.47. The second kappa shape index (κ2) is 4.67. The van der Waals surface area contributed by atoms with Crippen LogP contribution in [0.2, 0.25) is 0 Å². The molecule has 0 aliphatic heterocycles. The number of nitrogens with zero attached hydrogens (tertiary/aromatic N) is 3. The minimum Gasteiger partial charge on any atom is -0.364 e. The Morgan fingerprint density at radius 1 is 1.33 bits per heavy atom. The Balaban J connectivity index is 2.06. The number of aromatic nitrogens is 3. The Labute approximate surface area is 101 Å². The fraction of sp³-hybridized carbons (Fsp3) is 0.273. The van der Waals surface area contributed by atoms with Crippen LogP contribution in [-0.4, -0.2) is 14.8 Å². The molecule has 2 aromatic rings. The number of rotatable bonds is 3. The van der Waals surface area contributed by atoms with E-state index in [1.54, 1.807) is 24.0 Å². The van der Waals surface area contributed by atoms with Gasteiger partial charge in [0.2, 0.25) is 0 Å². The molecule has 0 unspecified atom stereocenters. The van der Waals surface area contributed by atoms with E-state index in [0.29, 0.717) is 6.54 Å². The fourth-order valence-corrected chi connectivity index (χ4v) is 1.44. The Kier molecular flexibility index (Phi) is 3.22. The van der Waals surface area contributed by atoms with Crippen LogP contribution in [0.1, 0.15) is 11.3 Å². The number of pyridine rings is 1. The molecule has 96 valence electrons. The third-order valence-electron chi connectivity index (χ3n) is 2.31. The summed E-state index contributed by atoms with van der Waals surface area (Å²) in [4.78, 5) is 3.83. The van der Waals surface area contributed by atoms with Gasteiger partial charge in [0.1, 0.15) is 5.82 Å². The summed E-state index contributed by atoms with van der Waals surface area (Å²) >= 11 is 0. The summed E-state index contributed by atoms with van der Waals surface area (Å²) in [6.45, 7) is 0.329. The van der Waals surface area contributed by atoms with Gasteiger partial charge in [0.15, 0.2) is 0 Å². The minimum atomic E-state index is -4.36. The summed E-state index contributed by atoms with van der Waals surface area (Å²) < 4.78 is 39.0. The molecule has 0 saturated carbocycles. The van der Waals surface area contributed by atoms with Crippen LogP contribution in [0.15, 0.2) is 30.6 Å². The number of hydrogen-bond acceptors (Lipinski definition) is 3. The molecule has 7 heteroatoms. The van der Waals surface area contributed by atoms with Crippen LogP contribution in [-0.2, 0) is 19.8 Å². The first kappa shape index (κ1) is 12.4. The predicted molar refractivity (Wildman–Crippen MR) is 59.8 cm³/mol. The summed E-state index contributed by atoms with van der Waals surface area (Å²) in [7, 11) is 1.77. The lowest BCUT2D eigenvalue weighted by Crippen LogP contribution is -2.08. The standard InChI is InChI=1S/C11H11F3N4/c1-18-5-3-9(17-18)7-16-10-6-8(2-4-15-10)11(12,13)14/h2-6H,7H2,1H3,(H,15,16). The van der Waals surface area contributed by atoms with Gasteiger partial charge in [0.05, 0.1) is 17.8 Å². The molecule has 0 aliphatic carbocycles. The molecule has 2 aromatic heterocycles. The first-order valence-corrected chi connectivity index (χ1v) is 5.21. The molecule has 18 heavy (non-hydrogen) atoms. The zero-order chi connectivity index (χ0) is 13.2. The van der Waals surface area contributed by atoms with Crippen LogP contribution in [0.5, 0.6) is 0 Å². The normalized spacial score (nSPS) is 11.6. The van der Waals surface area contributed by atoms with E-state index in [4.69, 9.17) is 0 Å². The highest BCUT2D eigenvalue weighted by molar-refractivity contribution is 5.38. The Morgan fingerprint density at radius 3 is 2.72 bits per heavy atom. The summed E-state index contributed by atoms with van der Waals surface area (Å²) in [5.41, 5.74) is 0.0118. The third-order valence-corrected chi connectivity index (χ3v) is 2.31. The van der Waals surface area contributed by atoms with Crippen molar-refractivity contribution >= 4 is 5.82 Å². The molecule has 0 atom stereocenters. The van der Waals surface area contributed by atoms with Crippen LogP contribution < -0.4 is 5.32 Å². The van der Waals surface area contributed by atoms with E-state index in [2.05, 4.69) is 15.4 Å². The summed E-state index contributed by atoms with van der Waals surface area (Å²) in [6, 6.07) is 3.69. The van der Waals surface area contributed by atoms with E-state index in [1.165, 1.54) is 0 Å². The number of alkyl halides is 3. The highest BCUT2D eigenvalue weighted by Crippen LogP contribution is 2.29. The first-order chi connectivity index (χ1) is 8.45. The van der Waals surface area contributed by atoms with Gasteiger partial charge in [-0.05, 0) is 18.2 Å². The van der Waals surface area contributed by atoms with Crippen LogP contribution in [0.25, 0.3) is 0 Å². The highest BCUT2D eigenvalue weighted by atomic mass is 19.4. The molecule has 0 aromatic carbocycles. The van der Waals surface area contributed by atoms with Crippen LogP contribution in [0.3, 0.4) is 0 Å². The van der Waals surface area contributed by atoms with Crippen molar-refractivity contribution in [3.05, 3.63) is 41.9 Å². The van der Waals surface area contributed by atoms with Crippen molar-refractivity contribution < 1.29 is 13.2 Å². The van der Waals surface area contributed by atoms with E-state index in [-0.39, 0.29) is 5.82 Å². The van der Waals surface area contributed by atoms with E-state index in [9.17, 15) is 13.2 Å². The average molecular weight is 256 g/mol. The maximum atomic E-state index is 12.5. The zero-order valence-corrected chi connectivity index (χ0v) is 9.57. The number of nitrogens with one attached hydrogen (secondary N) is 1. The van der Waals surface area contributed by atoms with Crippen molar-refractivity contribution in [3.8, 4) is 0 Å². The van der Waals surface area contributed by atoms with Crippen LogP contribution in [0.4, 0.5) is 19.0 Å². The largest absolute Gasteiger partial charge is 0.416 e. The molecule has 2 heterocycles. The first-order valence-electron chi connectivity index (χ1n) is 5.21. The van der Waals surface area contributed by atoms with Crippen molar-refractivity contribution in [3.63, 3.8) is 0 Å². The van der Waals surface area contributed by atoms with Gasteiger partial charge in [0.25, 0.3) is 0 Å². The zero-order valence-electron chi connectivity index (χ0n) is 9.57. The molecule has 0 amide bonds. The van der Waals surface area contributed by atoms with E-state index in [0.717, 1.165) is 24.0 Å². The molecule has 0 spiro atoms. The second-order valence-electron chi connectivity index (χ2n) is 3.76. The smallest absolute Gasteiger partial charge is 0.364 e. The van der Waals surface area contributed by atoms with Crippen LogP contribution in [0, 0.1) is 0 Å². The van der Waals surface area contributed by atoms with Crippen LogP contribution >= 0.6 is 0 Å². The second-order valence-corrected chi connectivity index (χ2v) is 3.76. The average Bonchev–Trinajstić information content (AvgIpc) is 2.72. The molecular formula is C11H11F3N4. The number of hydrogen-bond donors (Lipinski definition) is 1. The van der Waals surface area contributed by atoms with Gasteiger partial charge >= 0.3 is 6.18 Å². The molecule has 0 aliphatic rings. The molecule has 0 fully saturated rings. The van der Waals surface area contributed by atoms with Crippen molar-refractivity contribution in [2.45, 2.75) is 12.7 Å². The molecule has 4 nitrogen and oxygen atoms in total. The predicted octanol–water partition coefficient (Wildman–Crippen LogP) is 2.45. The number of aryl methyl sites for hydroxylation is 1. The molecule has 1 N–H and O–H groups in total. The van der Waals surface area contributed by atoms with Gasteiger partial charge in [-0.15, -0.1) is 0 Å². The Hall–Kier alpha value is -2.05. The molecule has 0 saturated heterocycles. The molecule has 0 radical (unpaired) electrons. The van der Waals surface area contributed by atoms with E-state index < -0.39 is 11.7 Å². The lowest BCUT2D eigenvalue weighted by molar-refractivity contribution is -0.137. The van der Waals surface area contributed by atoms with Gasteiger partial charge in [-0.1, -0.05) is 0 Å². The van der Waals surface area contributed by atoms with Crippen molar-refractivity contribution in [2.24, 2.45) is 7.05 Å². The topological polar surface area (TPSA) is 42.7 Å². The maximum Gasteiger partial charge on any atom is 0.416 e. The van der Waals surface area contributed by atoms with Gasteiger partial charge in [-0.25, -0.2) is 4.98 Å². The van der Waals surface area contributed by atoms with Gasteiger partial charge in [-0.2, -0.15) is 18.3 Å². The van der Waals surface area contributed by atoms with Gasteiger partial charge < -0.3 is 5.32 Å². The maximum absolute atomic E-state index is 12.5. The molecule has 0 bridgehead atoms. The number of halogens is 3. The highest BCUT2D eigenvalue weighted by Gasteiger charge is 2.30. The Bertz CT molecular complexity index is 533. The molecule has 2 rings (SSSR count). The SMILES string of the molecule is Cn1ccc(CNc2cc(C(F)(F)F)ccn2)n1. The molecular weight excluding hydrogens is 245 g/mol. The van der Waals surface area contributed by atoms with Gasteiger partial charge in [-0.3, -0.25) is 4.68 Å². The fourth-order valence-electron chi connectivity index (χ4n) is 1.44. The van der Waals surface area contributed by atoms with E-state index in [1.807, 2.05) is 0 Å².